The molecule has 2 amide bonds. The molecule has 2 aromatic carbocycles. The molecule has 0 bridgehead atoms. The molecule has 1 aliphatic heterocycles. The third-order valence-electron chi connectivity index (χ3n) is 6.91. The van der Waals surface area contributed by atoms with Crippen LogP contribution in [0.2, 0.25) is 10.0 Å². The summed E-state index contributed by atoms with van der Waals surface area (Å²) in [5.74, 6) is -3.13. The first-order valence-corrected chi connectivity index (χ1v) is 13.8. The molecule has 0 saturated heterocycles. The predicted molar refractivity (Wildman–Crippen MR) is 148 cm³/mol. The molecule has 16 heteroatoms. The van der Waals surface area contributed by atoms with Crippen molar-refractivity contribution in [3.63, 3.8) is 0 Å². The lowest BCUT2D eigenvalue weighted by Gasteiger charge is -2.22. The Kier molecular flexibility index (Phi) is 8.83. The van der Waals surface area contributed by atoms with Crippen LogP contribution in [-0.2, 0) is 16.0 Å². The molecule has 5 rings (SSSR count). The quantitative estimate of drug-likeness (QED) is 0.0654. The number of rotatable bonds is 12. The van der Waals surface area contributed by atoms with E-state index in [0.717, 1.165) is 31.3 Å². The van der Waals surface area contributed by atoms with Crippen LogP contribution >= 0.6 is 23.2 Å². The fourth-order valence-electron chi connectivity index (χ4n) is 4.60. The first kappa shape index (κ1) is 30.9. The van der Waals surface area contributed by atoms with Gasteiger partial charge in [-0.1, -0.05) is 35.3 Å². The number of esters is 1. The van der Waals surface area contributed by atoms with Gasteiger partial charge in [0.05, 0.1) is 17.1 Å². The smallest absolute Gasteiger partial charge is 0.387 e. The molecule has 1 unspecified atom stereocenters. The van der Waals surface area contributed by atoms with Crippen molar-refractivity contribution < 1.29 is 47.0 Å². The van der Waals surface area contributed by atoms with Crippen molar-refractivity contribution in [3.8, 4) is 11.5 Å². The van der Waals surface area contributed by atoms with Crippen LogP contribution in [-0.4, -0.2) is 47.4 Å². The molecular formula is C28H21Cl2F2N3O9. The van der Waals surface area contributed by atoms with Gasteiger partial charge in [0.15, 0.2) is 23.9 Å². The van der Waals surface area contributed by atoms with Crippen LogP contribution in [0.1, 0.15) is 50.8 Å². The van der Waals surface area contributed by atoms with E-state index < -0.39 is 53.2 Å². The molecule has 0 radical (unpaired) electrons. The Bertz CT molecular complexity index is 1650. The van der Waals surface area contributed by atoms with Gasteiger partial charge in [0, 0.05) is 18.1 Å². The summed E-state index contributed by atoms with van der Waals surface area (Å²) >= 11 is 12.5. The van der Waals surface area contributed by atoms with E-state index in [-0.39, 0.29) is 57.2 Å². The lowest BCUT2D eigenvalue weighted by molar-refractivity contribution is -0.605. The van der Waals surface area contributed by atoms with Crippen LogP contribution in [0.15, 0.2) is 48.8 Å². The van der Waals surface area contributed by atoms with Gasteiger partial charge in [-0.15, -0.1) is 0 Å². The summed E-state index contributed by atoms with van der Waals surface area (Å²) in [7, 11) is 0. The maximum atomic E-state index is 13.2. The number of amides is 2. The first-order valence-electron chi connectivity index (χ1n) is 13.0. The molecule has 0 spiro atoms. The highest BCUT2D eigenvalue weighted by atomic mass is 35.5. The number of nitro groups is 1. The molecule has 44 heavy (non-hydrogen) atoms. The van der Waals surface area contributed by atoms with Crippen molar-refractivity contribution in [2.75, 3.05) is 13.2 Å². The highest BCUT2D eigenvalue weighted by Gasteiger charge is 2.42. The second kappa shape index (κ2) is 12.6. The average molecular weight is 652 g/mol. The average Bonchev–Trinajstić information content (AvgIpc) is 3.76. The van der Waals surface area contributed by atoms with Gasteiger partial charge in [0.2, 0.25) is 0 Å². The van der Waals surface area contributed by atoms with E-state index in [1.54, 1.807) is 0 Å². The van der Waals surface area contributed by atoms with Crippen molar-refractivity contribution in [1.82, 2.24) is 4.90 Å². The molecule has 2 aliphatic rings. The van der Waals surface area contributed by atoms with Crippen LogP contribution in [0.25, 0.3) is 0 Å². The Morgan fingerprint density at radius 3 is 2.43 bits per heavy atom. The van der Waals surface area contributed by atoms with Gasteiger partial charge < -0.3 is 19.4 Å². The van der Waals surface area contributed by atoms with Crippen LogP contribution in [0, 0.1) is 21.2 Å². The van der Waals surface area contributed by atoms with E-state index in [9.17, 15) is 38.5 Å². The Hall–Kier alpha value is -4.56. The summed E-state index contributed by atoms with van der Waals surface area (Å²) < 4.78 is 42.5. The molecule has 2 heterocycles. The van der Waals surface area contributed by atoms with Gasteiger partial charge in [0.25, 0.3) is 17.5 Å². The molecule has 3 aromatic rings. The van der Waals surface area contributed by atoms with Crippen LogP contribution < -0.4 is 14.2 Å². The minimum atomic E-state index is -3.14. The van der Waals surface area contributed by atoms with E-state index in [4.69, 9.17) is 32.7 Å². The largest absolute Gasteiger partial charge is 0.619 e. The van der Waals surface area contributed by atoms with Crippen LogP contribution in [0.5, 0.6) is 11.5 Å². The lowest BCUT2D eigenvalue weighted by Crippen LogP contribution is -2.36. The number of carbonyl (C=O) groups excluding carboxylic acids is 3. The molecule has 1 aromatic heterocycles. The number of pyridine rings is 1. The molecular weight excluding hydrogens is 631 g/mol. The van der Waals surface area contributed by atoms with Gasteiger partial charge in [0.1, 0.15) is 28.3 Å². The van der Waals surface area contributed by atoms with Gasteiger partial charge in [-0.2, -0.15) is 13.5 Å². The topological polar surface area (TPSA) is 152 Å². The van der Waals surface area contributed by atoms with Crippen molar-refractivity contribution >= 4 is 46.7 Å². The highest BCUT2D eigenvalue weighted by molar-refractivity contribution is 6.35. The number of fused-ring (bicyclic) bond motifs is 1. The summed E-state index contributed by atoms with van der Waals surface area (Å²) in [5, 5.41) is 23.1. The molecule has 1 saturated carbocycles. The number of nitrogens with zero attached hydrogens (tertiary/aromatic N) is 3. The second-order valence-corrected chi connectivity index (χ2v) is 10.8. The van der Waals surface area contributed by atoms with Gasteiger partial charge in [-0.3, -0.25) is 29.4 Å². The van der Waals surface area contributed by atoms with Gasteiger partial charge in [-0.25, -0.2) is 0 Å². The van der Waals surface area contributed by atoms with Crippen molar-refractivity contribution in [2.24, 2.45) is 5.92 Å². The van der Waals surface area contributed by atoms with Crippen molar-refractivity contribution in [2.45, 2.75) is 32.0 Å². The number of carbonyl (C=O) groups is 3. The fraction of sp³-hybridized carbons (Fsp3) is 0.286. The van der Waals surface area contributed by atoms with E-state index in [1.165, 1.54) is 30.3 Å². The molecule has 1 aliphatic carbocycles. The summed E-state index contributed by atoms with van der Waals surface area (Å²) in [6.07, 6.45) is 2.39. The zero-order valence-electron chi connectivity index (χ0n) is 22.4. The number of ether oxygens (including phenoxy) is 3. The maximum Gasteiger partial charge on any atom is 0.387 e. The molecule has 1 fully saturated rings. The monoisotopic (exact) mass is 651 g/mol. The minimum absolute atomic E-state index is 0.0499. The maximum absolute atomic E-state index is 13.2. The van der Waals surface area contributed by atoms with Crippen molar-refractivity contribution in [3.05, 3.63) is 96.4 Å². The molecule has 0 N–H and O–H groups in total. The van der Waals surface area contributed by atoms with E-state index >= 15 is 0 Å². The van der Waals surface area contributed by atoms with E-state index in [1.807, 2.05) is 0 Å². The standard InChI is InChI=1S/C28H21Cl2F2N3O9/c29-18-10-33(39)11-19(30)17(18)9-22(15-6-7-21(44-28(31)32)23(8-15)42-13-14-4-5-14)43-24(36)12-34-26(37)16-2-1-3-20(35(40)41)25(16)27(34)38/h1-3,6-8,10-11,14,22,28H,4-5,9,12-13H2. The number of hydrogen-bond donors (Lipinski definition) is 0. The van der Waals surface area contributed by atoms with Crippen molar-refractivity contribution in [1.29, 1.82) is 0 Å². The van der Waals surface area contributed by atoms with E-state index in [0.29, 0.717) is 9.63 Å². The molecule has 12 nitrogen and oxygen atoms in total. The summed E-state index contributed by atoms with van der Waals surface area (Å²) in [5.41, 5.74) is -0.872. The lowest BCUT2D eigenvalue weighted by atomic mass is 10.0. The summed E-state index contributed by atoms with van der Waals surface area (Å²) in [6, 6.07) is 7.40. The summed E-state index contributed by atoms with van der Waals surface area (Å²) in [6.45, 7) is -3.82. The third-order valence-corrected chi connectivity index (χ3v) is 7.56. The number of aromatic nitrogens is 1. The third kappa shape index (κ3) is 6.65. The first-order chi connectivity index (χ1) is 20.9. The van der Waals surface area contributed by atoms with Gasteiger partial charge >= 0.3 is 12.6 Å². The number of benzene rings is 2. The minimum Gasteiger partial charge on any atom is -0.619 e. The Balaban J connectivity index is 1.44. The molecule has 1 atom stereocenters. The van der Waals surface area contributed by atoms with Gasteiger partial charge in [-0.05, 0) is 42.5 Å². The number of imide groups is 1. The zero-order chi connectivity index (χ0) is 31.7. The fourth-order valence-corrected chi connectivity index (χ4v) is 5.20. The van der Waals surface area contributed by atoms with E-state index in [2.05, 4.69) is 4.74 Å². The highest BCUT2D eigenvalue weighted by Crippen LogP contribution is 2.38. The second-order valence-electron chi connectivity index (χ2n) is 9.97. The Labute approximate surface area is 257 Å². The Morgan fingerprint density at radius 1 is 1.09 bits per heavy atom. The number of halogens is 4. The normalized spacial score (nSPS) is 14.9. The number of hydrogen-bond acceptors (Lipinski definition) is 9. The number of nitro benzene ring substituents is 1. The number of alkyl halides is 2. The van der Waals surface area contributed by atoms with Crippen LogP contribution in [0.3, 0.4) is 0 Å². The van der Waals surface area contributed by atoms with Crippen LogP contribution in [0.4, 0.5) is 14.5 Å². The summed E-state index contributed by atoms with van der Waals surface area (Å²) in [4.78, 5) is 50.2. The zero-order valence-corrected chi connectivity index (χ0v) is 23.9. The SMILES string of the molecule is O=C(CN1C(=O)c2cccc([N+](=O)[O-])c2C1=O)OC(Cc1c(Cl)c[n+]([O-])cc1Cl)c1ccc(OC(F)F)c(OCC2CC2)c1. The molecule has 230 valence electrons. The predicted octanol–water partition coefficient (Wildman–Crippen LogP) is 5.05. The Morgan fingerprint density at radius 2 is 1.80 bits per heavy atom.